The lowest BCUT2D eigenvalue weighted by atomic mass is 10.1. The SMILES string of the molecule is CCOCCN(CC(F)(F)F)c1ccc(C#N)c(C(F)(F)F)c1.COCCN(CC(F)(F)F)c1ccc(C#N)c(C(F)(F)F)c1. The van der Waals surface area contributed by atoms with Gasteiger partial charge in [-0.3, -0.25) is 0 Å². The topological polar surface area (TPSA) is 72.5 Å². The molecule has 0 saturated heterocycles. The summed E-state index contributed by atoms with van der Waals surface area (Å²) < 4.78 is 162. The molecule has 0 amide bonds. The Bertz CT molecular complexity index is 1310. The van der Waals surface area contributed by atoms with Crippen LogP contribution >= 0.6 is 0 Å². The normalized spacial score (nSPS) is 12.1. The first-order valence-electron chi connectivity index (χ1n) is 12.6. The van der Waals surface area contributed by atoms with E-state index in [4.69, 9.17) is 15.3 Å². The van der Waals surface area contributed by atoms with E-state index in [1.807, 2.05) is 0 Å². The summed E-state index contributed by atoms with van der Waals surface area (Å²) in [6.45, 7) is -1.51. The Morgan fingerprint density at radius 2 is 1.02 bits per heavy atom. The molecule has 0 saturated carbocycles. The van der Waals surface area contributed by atoms with Gasteiger partial charge in [0.2, 0.25) is 0 Å². The van der Waals surface area contributed by atoms with Crippen LogP contribution in [0.4, 0.5) is 64.1 Å². The standard InChI is InChI=1S/C14H14F6N2O.C13H12F6N2O/c1-2-23-6-5-22(9-13(15,16)17)11-4-3-10(8-21)12(7-11)14(18,19)20;1-22-5-4-21(8-12(14,15)16)10-3-2-9(7-20)11(6-10)13(17,18)19/h3-4,7H,2,5-6,9H2,1H3;2-3,6H,4-5,8H2,1H3. The Balaban J connectivity index is 0.000000450. The van der Waals surface area contributed by atoms with Crippen molar-refractivity contribution in [3.63, 3.8) is 0 Å². The highest BCUT2D eigenvalue weighted by atomic mass is 19.4. The highest BCUT2D eigenvalue weighted by Crippen LogP contribution is 2.36. The number of ether oxygens (including phenoxy) is 2. The molecule has 0 aliphatic heterocycles. The maximum Gasteiger partial charge on any atom is 0.417 e. The van der Waals surface area contributed by atoms with E-state index in [0.29, 0.717) is 12.1 Å². The number of anilines is 2. The number of nitrogens with zero attached hydrogens (tertiary/aromatic N) is 4. The van der Waals surface area contributed by atoms with Gasteiger partial charge in [-0.1, -0.05) is 0 Å². The van der Waals surface area contributed by atoms with Crippen molar-refractivity contribution in [1.29, 1.82) is 10.5 Å². The molecule has 2 rings (SSSR count). The van der Waals surface area contributed by atoms with Gasteiger partial charge in [0, 0.05) is 38.2 Å². The lowest BCUT2D eigenvalue weighted by molar-refractivity contribution is -0.138. The summed E-state index contributed by atoms with van der Waals surface area (Å²) in [6, 6.07) is 7.68. The van der Waals surface area contributed by atoms with Crippen LogP contribution in [0.25, 0.3) is 0 Å². The highest BCUT2D eigenvalue weighted by molar-refractivity contribution is 5.56. The van der Waals surface area contributed by atoms with Crippen molar-refractivity contribution in [2.75, 3.05) is 62.9 Å². The number of rotatable bonds is 11. The minimum absolute atomic E-state index is 0.0616. The van der Waals surface area contributed by atoms with E-state index in [1.54, 1.807) is 6.92 Å². The number of halogens is 12. The first-order valence-corrected chi connectivity index (χ1v) is 12.6. The lowest BCUT2D eigenvalue weighted by Crippen LogP contribution is -2.36. The molecular formula is C27H26F12N4O2. The van der Waals surface area contributed by atoms with E-state index in [-0.39, 0.29) is 44.3 Å². The third-order valence-electron chi connectivity index (χ3n) is 5.60. The van der Waals surface area contributed by atoms with Crippen molar-refractivity contribution < 1.29 is 62.2 Å². The van der Waals surface area contributed by atoms with Crippen LogP contribution in [0.1, 0.15) is 29.2 Å². The van der Waals surface area contributed by atoms with Crippen LogP contribution in [0.3, 0.4) is 0 Å². The van der Waals surface area contributed by atoms with Gasteiger partial charge in [0.05, 0.1) is 47.6 Å². The van der Waals surface area contributed by atoms with Crippen molar-refractivity contribution in [2.45, 2.75) is 31.6 Å². The Kier molecular flexibility index (Phi) is 14.3. The van der Waals surface area contributed by atoms with E-state index in [0.717, 1.165) is 34.1 Å². The van der Waals surface area contributed by atoms with Crippen molar-refractivity contribution in [1.82, 2.24) is 0 Å². The van der Waals surface area contributed by atoms with Gasteiger partial charge in [-0.2, -0.15) is 63.2 Å². The van der Waals surface area contributed by atoms with E-state index in [9.17, 15) is 52.7 Å². The third-order valence-corrected chi connectivity index (χ3v) is 5.60. The smallest absolute Gasteiger partial charge is 0.383 e. The monoisotopic (exact) mass is 666 g/mol. The zero-order chi connectivity index (χ0) is 34.6. The Morgan fingerprint density at radius 3 is 1.31 bits per heavy atom. The molecule has 45 heavy (non-hydrogen) atoms. The number of hydrogen-bond acceptors (Lipinski definition) is 6. The summed E-state index contributed by atoms with van der Waals surface area (Å²) in [5.41, 5.74) is -4.36. The average Bonchev–Trinajstić information content (AvgIpc) is 2.92. The molecule has 0 atom stereocenters. The van der Waals surface area contributed by atoms with Gasteiger partial charge in [0.15, 0.2) is 0 Å². The summed E-state index contributed by atoms with van der Waals surface area (Å²) in [5.74, 6) is 0. The van der Waals surface area contributed by atoms with Crippen LogP contribution in [0.15, 0.2) is 36.4 Å². The molecule has 0 aliphatic carbocycles. The predicted octanol–water partition coefficient (Wildman–Crippen LogP) is 7.57. The lowest BCUT2D eigenvalue weighted by Gasteiger charge is -2.26. The van der Waals surface area contributed by atoms with Crippen LogP contribution in [0, 0.1) is 22.7 Å². The highest BCUT2D eigenvalue weighted by Gasteiger charge is 2.37. The van der Waals surface area contributed by atoms with E-state index < -0.39 is 60.0 Å². The quantitative estimate of drug-likeness (QED) is 0.182. The molecular weight excluding hydrogens is 640 g/mol. The fourth-order valence-corrected chi connectivity index (χ4v) is 3.67. The average molecular weight is 667 g/mol. The third kappa shape index (κ3) is 13.7. The fraction of sp³-hybridized carbons (Fsp3) is 0.481. The number of nitriles is 2. The molecule has 0 heterocycles. The molecule has 2 aromatic carbocycles. The largest absolute Gasteiger partial charge is 0.417 e. The summed E-state index contributed by atoms with van der Waals surface area (Å²) >= 11 is 0. The van der Waals surface area contributed by atoms with Gasteiger partial charge in [-0.15, -0.1) is 0 Å². The van der Waals surface area contributed by atoms with E-state index >= 15 is 0 Å². The maximum atomic E-state index is 12.9. The van der Waals surface area contributed by atoms with Crippen LogP contribution in [0.5, 0.6) is 0 Å². The van der Waals surface area contributed by atoms with E-state index in [1.165, 1.54) is 19.2 Å². The number of methoxy groups -OCH3 is 1. The second-order valence-corrected chi connectivity index (χ2v) is 8.94. The first-order chi connectivity index (χ1) is 20.7. The van der Waals surface area contributed by atoms with Gasteiger partial charge in [-0.25, -0.2) is 0 Å². The molecule has 0 aromatic heterocycles. The summed E-state index contributed by atoms with van der Waals surface area (Å²) in [4.78, 5) is 1.46. The summed E-state index contributed by atoms with van der Waals surface area (Å²) in [5, 5.41) is 17.4. The minimum atomic E-state index is -4.83. The molecule has 6 nitrogen and oxygen atoms in total. The second kappa shape index (κ2) is 16.4. The summed E-state index contributed by atoms with van der Waals surface area (Å²) in [7, 11) is 1.27. The molecule has 0 N–H and O–H groups in total. The van der Waals surface area contributed by atoms with Gasteiger partial charge in [0.1, 0.15) is 13.1 Å². The molecule has 0 aliphatic rings. The molecule has 250 valence electrons. The fourth-order valence-electron chi connectivity index (χ4n) is 3.67. The van der Waals surface area contributed by atoms with Gasteiger partial charge < -0.3 is 19.3 Å². The first kappa shape index (κ1) is 39.1. The maximum absolute atomic E-state index is 12.9. The summed E-state index contributed by atoms with van der Waals surface area (Å²) in [6.07, 6.45) is -18.8. The number of benzene rings is 2. The Hall–Kier alpha value is -3.90. The van der Waals surface area contributed by atoms with Gasteiger partial charge in [-0.05, 0) is 43.3 Å². The molecule has 0 fully saturated rings. The number of hydrogen-bond donors (Lipinski definition) is 0. The second-order valence-electron chi connectivity index (χ2n) is 8.94. The Labute approximate surface area is 249 Å². The molecule has 18 heteroatoms. The Morgan fingerprint density at radius 1 is 0.644 bits per heavy atom. The van der Waals surface area contributed by atoms with Gasteiger partial charge >= 0.3 is 24.7 Å². The zero-order valence-corrected chi connectivity index (χ0v) is 23.6. The predicted molar refractivity (Wildman–Crippen MR) is 137 cm³/mol. The number of alkyl halides is 12. The van der Waals surface area contributed by atoms with Crippen molar-refractivity contribution in [3.8, 4) is 12.1 Å². The van der Waals surface area contributed by atoms with E-state index in [2.05, 4.69) is 4.74 Å². The molecule has 0 radical (unpaired) electrons. The molecule has 0 unspecified atom stereocenters. The van der Waals surface area contributed by atoms with Crippen molar-refractivity contribution in [2.24, 2.45) is 0 Å². The van der Waals surface area contributed by atoms with Crippen molar-refractivity contribution >= 4 is 11.4 Å². The zero-order valence-electron chi connectivity index (χ0n) is 23.6. The van der Waals surface area contributed by atoms with Crippen molar-refractivity contribution in [3.05, 3.63) is 58.7 Å². The molecule has 0 spiro atoms. The van der Waals surface area contributed by atoms with Crippen LogP contribution in [0.2, 0.25) is 0 Å². The van der Waals surface area contributed by atoms with Crippen LogP contribution in [-0.4, -0.2) is 65.5 Å². The molecule has 2 aromatic rings. The molecule has 0 bridgehead atoms. The van der Waals surface area contributed by atoms with Crippen LogP contribution < -0.4 is 9.80 Å². The van der Waals surface area contributed by atoms with Gasteiger partial charge in [0.25, 0.3) is 0 Å². The van der Waals surface area contributed by atoms with Crippen LogP contribution in [-0.2, 0) is 21.8 Å². The minimum Gasteiger partial charge on any atom is -0.383 e.